The van der Waals surface area contributed by atoms with Gasteiger partial charge < -0.3 is 15.4 Å². The largest absolute Gasteiger partial charge is 0.444 e. The highest BCUT2D eigenvalue weighted by molar-refractivity contribution is 5.67. The predicted octanol–water partition coefficient (Wildman–Crippen LogP) is 2.82. The monoisotopic (exact) mass is 268 g/mol. The van der Waals surface area contributed by atoms with Gasteiger partial charge in [0.2, 0.25) is 0 Å². The van der Waals surface area contributed by atoms with E-state index in [4.69, 9.17) is 4.74 Å². The third kappa shape index (κ3) is 4.68. The van der Waals surface area contributed by atoms with Crippen molar-refractivity contribution in [2.45, 2.75) is 77.0 Å². The van der Waals surface area contributed by atoms with Crippen LogP contribution in [0.1, 0.15) is 59.3 Å². The van der Waals surface area contributed by atoms with Crippen molar-refractivity contribution >= 4 is 6.09 Å². The molecule has 2 rings (SSSR count). The van der Waals surface area contributed by atoms with Crippen LogP contribution in [0.2, 0.25) is 0 Å². The van der Waals surface area contributed by atoms with Crippen molar-refractivity contribution in [1.29, 1.82) is 0 Å². The van der Waals surface area contributed by atoms with Crippen molar-refractivity contribution in [1.82, 2.24) is 10.6 Å². The van der Waals surface area contributed by atoms with Crippen LogP contribution in [-0.4, -0.2) is 30.3 Å². The number of ether oxygens (including phenoxy) is 1. The summed E-state index contributed by atoms with van der Waals surface area (Å²) in [5, 5.41) is 6.66. The molecule has 0 aromatic heterocycles. The van der Waals surface area contributed by atoms with E-state index in [1.54, 1.807) is 0 Å². The van der Waals surface area contributed by atoms with Crippen LogP contribution in [0, 0.1) is 5.92 Å². The van der Waals surface area contributed by atoms with Crippen molar-refractivity contribution in [2.75, 3.05) is 6.54 Å². The number of carbonyl (C=O) groups is 1. The topological polar surface area (TPSA) is 50.4 Å². The summed E-state index contributed by atoms with van der Waals surface area (Å²) in [5.74, 6) is 0.563. The molecular weight excluding hydrogens is 240 g/mol. The van der Waals surface area contributed by atoms with Gasteiger partial charge in [0.15, 0.2) is 0 Å². The maximum atomic E-state index is 11.7. The second-order valence-corrected chi connectivity index (χ2v) is 6.97. The molecule has 0 saturated heterocycles. The molecule has 0 aromatic carbocycles. The van der Waals surface area contributed by atoms with E-state index in [0.29, 0.717) is 12.0 Å². The molecule has 2 N–H and O–H groups in total. The number of amides is 1. The van der Waals surface area contributed by atoms with Gasteiger partial charge in [-0.2, -0.15) is 0 Å². The summed E-state index contributed by atoms with van der Waals surface area (Å²) in [6.07, 6.45) is 7.45. The minimum atomic E-state index is -0.413. The van der Waals surface area contributed by atoms with E-state index in [0.717, 1.165) is 12.6 Å². The van der Waals surface area contributed by atoms with Crippen LogP contribution >= 0.6 is 0 Å². The first-order valence-electron chi connectivity index (χ1n) is 7.67. The highest BCUT2D eigenvalue weighted by atomic mass is 16.6. The van der Waals surface area contributed by atoms with E-state index >= 15 is 0 Å². The van der Waals surface area contributed by atoms with E-state index in [1.807, 2.05) is 20.8 Å². The van der Waals surface area contributed by atoms with Crippen LogP contribution in [0.25, 0.3) is 0 Å². The molecule has 0 radical (unpaired) electrons. The Morgan fingerprint density at radius 3 is 2.42 bits per heavy atom. The zero-order valence-electron chi connectivity index (χ0n) is 12.5. The first kappa shape index (κ1) is 14.6. The standard InChI is InChI=1S/C15H28N2O2/c1-15(2,3)19-14(18)16-10-11-6-4-9-13(11)17-12-7-5-8-12/h11-13,17H,4-10H2,1-3H3,(H,16,18). The average molecular weight is 268 g/mol. The van der Waals surface area contributed by atoms with Crippen LogP contribution in [0.15, 0.2) is 0 Å². The molecule has 4 heteroatoms. The fraction of sp³-hybridized carbons (Fsp3) is 0.933. The van der Waals surface area contributed by atoms with Gasteiger partial charge in [-0.1, -0.05) is 12.8 Å². The Balaban J connectivity index is 1.70. The maximum absolute atomic E-state index is 11.7. The maximum Gasteiger partial charge on any atom is 0.407 e. The lowest BCUT2D eigenvalue weighted by Gasteiger charge is -2.32. The Labute approximate surface area is 116 Å². The molecule has 2 aliphatic rings. The number of carbonyl (C=O) groups excluding carboxylic acids is 1. The van der Waals surface area contributed by atoms with Gasteiger partial charge >= 0.3 is 6.09 Å². The van der Waals surface area contributed by atoms with E-state index in [-0.39, 0.29) is 6.09 Å². The molecule has 0 bridgehead atoms. The molecule has 2 aliphatic carbocycles. The number of hydrogen-bond acceptors (Lipinski definition) is 3. The second kappa shape index (κ2) is 6.12. The molecule has 0 aromatic rings. The van der Waals surface area contributed by atoms with Gasteiger partial charge in [-0.25, -0.2) is 4.79 Å². The zero-order chi connectivity index (χ0) is 13.9. The summed E-state index contributed by atoms with van der Waals surface area (Å²) >= 11 is 0. The number of rotatable bonds is 4. The normalized spacial score (nSPS) is 27.9. The summed E-state index contributed by atoms with van der Waals surface area (Å²) < 4.78 is 5.28. The van der Waals surface area contributed by atoms with Crippen LogP contribution in [0.3, 0.4) is 0 Å². The van der Waals surface area contributed by atoms with Crippen LogP contribution in [-0.2, 0) is 4.74 Å². The summed E-state index contributed by atoms with van der Waals surface area (Å²) in [5.41, 5.74) is -0.413. The third-order valence-electron chi connectivity index (χ3n) is 4.12. The second-order valence-electron chi connectivity index (χ2n) is 6.97. The first-order chi connectivity index (χ1) is 8.94. The molecule has 4 nitrogen and oxygen atoms in total. The minimum Gasteiger partial charge on any atom is -0.444 e. The SMILES string of the molecule is CC(C)(C)OC(=O)NCC1CCCC1NC1CCC1. The van der Waals surface area contributed by atoms with Gasteiger partial charge in [-0.15, -0.1) is 0 Å². The van der Waals surface area contributed by atoms with Gasteiger partial charge in [0.25, 0.3) is 0 Å². The quantitative estimate of drug-likeness (QED) is 0.824. The lowest BCUT2D eigenvalue weighted by Crippen LogP contribution is -2.46. The summed E-state index contributed by atoms with van der Waals surface area (Å²) in [6, 6.07) is 1.31. The van der Waals surface area contributed by atoms with Crippen molar-refractivity contribution in [3.63, 3.8) is 0 Å². The number of alkyl carbamates (subject to hydrolysis) is 1. The Kier molecular flexibility index (Phi) is 4.71. The summed E-state index contributed by atoms with van der Waals surface area (Å²) in [7, 11) is 0. The summed E-state index contributed by atoms with van der Waals surface area (Å²) in [4.78, 5) is 11.7. The lowest BCUT2D eigenvalue weighted by atomic mass is 9.91. The number of hydrogen-bond donors (Lipinski definition) is 2. The molecule has 2 atom stereocenters. The summed E-state index contributed by atoms with van der Waals surface area (Å²) in [6.45, 7) is 6.41. The van der Waals surface area contributed by atoms with E-state index < -0.39 is 5.60 Å². The average Bonchev–Trinajstić information content (AvgIpc) is 2.65. The third-order valence-corrected chi connectivity index (χ3v) is 4.12. The van der Waals surface area contributed by atoms with Gasteiger partial charge in [0.05, 0.1) is 0 Å². The fourth-order valence-corrected chi connectivity index (χ4v) is 2.91. The zero-order valence-corrected chi connectivity index (χ0v) is 12.5. The van der Waals surface area contributed by atoms with Crippen molar-refractivity contribution in [3.8, 4) is 0 Å². The minimum absolute atomic E-state index is 0.290. The van der Waals surface area contributed by atoms with Gasteiger partial charge in [0.1, 0.15) is 5.60 Å². The van der Waals surface area contributed by atoms with Gasteiger partial charge in [-0.05, 0) is 52.4 Å². The number of nitrogens with one attached hydrogen (secondary N) is 2. The Hall–Kier alpha value is -0.770. The molecule has 2 fully saturated rings. The molecule has 0 heterocycles. The first-order valence-corrected chi connectivity index (χ1v) is 7.67. The highest BCUT2D eigenvalue weighted by Gasteiger charge is 2.31. The van der Waals surface area contributed by atoms with Crippen molar-refractivity contribution in [3.05, 3.63) is 0 Å². The van der Waals surface area contributed by atoms with Gasteiger partial charge in [-0.3, -0.25) is 0 Å². The lowest BCUT2D eigenvalue weighted by molar-refractivity contribution is 0.0516. The smallest absolute Gasteiger partial charge is 0.407 e. The van der Waals surface area contributed by atoms with E-state index in [1.165, 1.54) is 38.5 Å². The molecule has 110 valence electrons. The Morgan fingerprint density at radius 2 is 1.84 bits per heavy atom. The van der Waals surface area contributed by atoms with Crippen LogP contribution in [0.4, 0.5) is 4.79 Å². The molecule has 0 spiro atoms. The van der Waals surface area contributed by atoms with Gasteiger partial charge in [0, 0.05) is 18.6 Å². The van der Waals surface area contributed by atoms with Crippen molar-refractivity contribution < 1.29 is 9.53 Å². The molecule has 0 aliphatic heterocycles. The Bertz CT molecular complexity index is 308. The molecule has 2 saturated carbocycles. The Morgan fingerprint density at radius 1 is 1.16 bits per heavy atom. The molecule has 1 amide bonds. The van der Waals surface area contributed by atoms with E-state index in [2.05, 4.69) is 10.6 Å². The van der Waals surface area contributed by atoms with E-state index in [9.17, 15) is 4.79 Å². The molecular formula is C15H28N2O2. The molecule has 2 unspecified atom stereocenters. The van der Waals surface area contributed by atoms with Crippen molar-refractivity contribution in [2.24, 2.45) is 5.92 Å². The highest BCUT2D eigenvalue weighted by Crippen LogP contribution is 2.28. The fourth-order valence-electron chi connectivity index (χ4n) is 2.91. The predicted molar refractivity (Wildman–Crippen MR) is 76.1 cm³/mol. The molecule has 19 heavy (non-hydrogen) atoms. The van der Waals surface area contributed by atoms with Crippen LogP contribution in [0.5, 0.6) is 0 Å². The van der Waals surface area contributed by atoms with Crippen LogP contribution < -0.4 is 10.6 Å².